The van der Waals surface area contributed by atoms with Crippen LogP contribution in [0.3, 0.4) is 0 Å². The van der Waals surface area contributed by atoms with Crippen molar-refractivity contribution < 1.29 is 0 Å². The fourth-order valence-corrected chi connectivity index (χ4v) is 12.6. The number of hydrogen-bond acceptors (Lipinski definition) is 0. The van der Waals surface area contributed by atoms with Gasteiger partial charge in [0.2, 0.25) is 0 Å². The highest BCUT2D eigenvalue weighted by atomic mass is 14.5. The summed E-state index contributed by atoms with van der Waals surface area (Å²) in [5, 5.41) is 18.3. The minimum atomic E-state index is -0.528. The third-order valence-electron chi connectivity index (χ3n) is 14.9. The Morgan fingerprint density at radius 2 is 0.698 bits per heavy atom. The van der Waals surface area contributed by atoms with Crippen LogP contribution in [0.25, 0.3) is 120 Å². The van der Waals surface area contributed by atoms with Gasteiger partial charge in [-0.15, -0.1) is 0 Å². The summed E-state index contributed by atoms with van der Waals surface area (Å²) in [7, 11) is 0. The average Bonchev–Trinajstić information content (AvgIpc) is 3.84. The molecule has 15 rings (SSSR count). The lowest BCUT2D eigenvalue weighted by atomic mass is 9.68. The second kappa shape index (κ2) is 12.1. The lowest BCUT2D eigenvalue weighted by molar-refractivity contribution is 0.810. The summed E-state index contributed by atoms with van der Waals surface area (Å²) in [5.74, 6) is 0. The van der Waals surface area contributed by atoms with Gasteiger partial charge in [-0.2, -0.15) is 0 Å². The van der Waals surface area contributed by atoms with E-state index in [2.05, 4.69) is 218 Å². The molecular formula is C63H36. The fraction of sp³-hybridized carbons (Fsp3) is 0.0159. The molecule has 2 aliphatic carbocycles. The van der Waals surface area contributed by atoms with Crippen LogP contribution in [0, 0.1) is 0 Å². The molecule has 2 aliphatic rings. The fourth-order valence-electron chi connectivity index (χ4n) is 12.6. The molecular weight excluding hydrogens is 757 g/mol. The van der Waals surface area contributed by atoms with Crippen molar-refractivity contribution in [2.75, 3.05) is 0 Å². The topological polar surface area (TPSA) is 0 Å². The van der Waals surface area contributed by atoms with Crippen molar-refractivity contribution in [3.05, 3.63) is 241 Å². The van der Waals surface area contributed by atoms with Crippen LogP contribution >= 0.6 is 0 Å². The van der Waals surface area contributed by atoms with Crippen molar-refractivity contribution in [1.82, 2.24) is 0 Å². The van der Waals surface area contributed by atoms with E-state index < -0.39 is 5.41 Å². The molecule has 63 heavy (non-hydrogen) atoms. The largest absolute Gasteiger partial charge is 0.0738 e. The lowest BCUT2D eigenvalue weighted by Crippen LogP contribution is -2.26. The zero-order valence-corrected chi connectivity index (χ0v) is 34.3. The van der Waals surface area contributed by atoms with E-state index in [0.29, 0.717) is 0 Å². The molecule has 1 spiro atoms. The Morgan fingerprint density at radius 3 is 1.38 bits per heavy atom. The third-order valence-corrected chi connectivity index (χ3v) is 14.9. The van der Waals surface area contributed by atoms with Crippen LogP contribution in [0.4, 0.5) is 0 Å². The maximum atomic E-state index is 2.49. The molecule has 0 heteroatoms. The molecule has 0 heterocycles. The number of benzene rings is 13. The van der Waals surface area contributed by atoms with Crippen molar-refractivity contribution in [3.63, 3.8) is 0 Å². The molecule has 0 unspecified atom stereocenters. The van der Waals surface area contributed by atoms with Gasteiger partial charge in [0.1, 0.15) is 0 Å². The molecule has 0 aliphatic heterocycles. The van der Waals surface area contributed by atoms with E-state index in [1.807, 2.05) is 0 Å². The summed E-state index contributed by atoms with van der Waals surface area (Å²) < 4.78 is 0. The average molecular weight is 793 g/mol. The Kier molecular flexibility index (Phi) is 6.44. The Balaban J connectivity index is 1.04. The summed E-state index contributed by atoms with van der Waals surface area (Å²) in [6.45, 7) is 0. The molecule has 13 aromatic rings. The molecule has 0 N–H and O–H groups in total. The first-order chi connectivity index (χ1) is 31.3. The first-order valence-electron chi connectivity index (χ1n) is 22.2. The molecule has 0 fully saturated rings. The first kappa shape index (κ1) is 33.6. The van der Waals surface area contributed by atoms with Gasteiger partial charge in [0.05, 0.1) is 5.41 Å². The van der Waals surface area contributed by atoms with E-state index >= 15 is 0 Å². The normalized spacial score (nSPS) is 13.5. The standard InChI is InChI=1S/C63H36/c1-4-22-49-44(17-1)45-18-3-6-24-52(45)61-59(49)60-50-23-5-2-19-46(50)54-36-41(31-34-53(54)62(60)63(61)55-25-9-7-20-47(55)48-21-8-10-26-56(48)63)40-15-12-16-42(35-40)43-32-29-39-28-27-37-13-11-14-38-30-33-51(43)58(39)57(37)38/h1-36H. The van der Waals surface area contributed by atoms with Crippen molar-refractivity contribution >= 4 is 75.4 Å². The molecule has 0 amide bonds. The van der Waals surface area contributed by atoms with Crippen LogP contribution in [0.1, 0.15) is 22.3 Å². The molecule has 0 saturated heterocycles. The highest BCUT2D eigenvalue weighted by Gasteiger charge is 2.54. The second-order valence-electron chi connectivity index (χ2n) is 17.8. The van der Waals surface area contributed by atoms with Crippen LogP contribution in [0.5, 0.6) is 0 Å². The summed E-state index contributed by atoms with van der Waals surface area (Å²) >= 11 is 0. The summed E-state index contributed by atoms with van der Waals surface area (Å²) in [6.07, 6.45) is 0. The third kappa shape index (κ3) is 4.16. The Hall–Kier alpha value is -8.06. The van der Waals surface area contributed by atoms with Crippen molar-refractivity contribution in [2.45, 2.75) is 5.41 Å². The molecule has 13 aromatic carbocycles. The molecule has 0 aromatic heterocycles. The van der Waals surface area contributed by atoms with Gasteiger partial charge in [-0.1, -0.05) is 206 Å². The van der Waals surface area contributed by atoms with E-state index in [1.165, 1.54) is 142 Å². The molecule has 0 bridgehead atoms. The van der Waals surface area contributed by atoms with Gasteiger partial charge in [-0.3, -0.25) is 0 Å². The minimum Gasteiger partial charge on any atom is -0.0619 e. The zero-order valence-electron chi connectivity index (χ0n) is 34.3. The van der Waals surface area contributed by atoms with E-state index in [9.17, 15) is 0 Å². The number of rotatable bonds is 2. The second-order valence-corrected chi connectivity index (χ2v) is 17.8. The van der Waals surface area contributed by atoms with Gasteiger partial charge in [0, 0.05) is 0 Å². The SMILES string of the molecule is c1cc(-c2ccc3c4c(c5ccccc5c3c2)-c2c(c3ccccc3c3ccccc23)C42c3ccccc3-c3ccccc32)cc(-c2ccc3ccc4cccc5ccc2c3c45)c1. The van der Waals surface area contributed by atoms with E-state index in [4.69, 9.17) is 0 Å². The van der Waals surface area contributed by atoms with E-state index in [0.717, 1.165) is 0 Å². The molecule has 0 saturated carbocycles. The number of hydrogen-bond donors (Lipinski definition) is 0. The van der Waals surface area contributed by atoms with Crippen molar-refractivity contribution in [3.8, 4) is 44.5 Å². The van der Waals surface area contributed by atoms with Gasteiger partial charge in [-0.05, 0) is 154 Å². The first-order valence-corrected chi connectivity index (χ1v) is 22.2. The predicted octanol–water partition coefficient (Wildman–Crippen LogP) is 16.9. The highest BCUT2D eigenvalue weighted by Crippen LogP contribution is 2.68. The highest BCUT2D eigenvalue weighted by molar-refractivity contribution is 6.28. The van der Waals surface area contributed by atoms with Gasteiger partial charge < -0.3 is 0 Å². The van der Waals surface area contributed by atoms with Crippen LogP contribution in [0.2, 0.25) is 0 Å². The Morgan fingerprint density at radius 1 is 0.238 bits per heavy atom. The quantitative estimate of drug-likeness (QED) is 0.153. The molecule has 0 atom stereocenters. The summed E-state index contributed by atoms with van der Waals surface area (Å²) in [6, 6.07) is 82.9. The zero-order chi connectivity index (χ0) is 41.0. The van der Waals surface area contributed by atoms with Crippen LogP contribution in [-0.2, 0) is 5.41 Å². The van der Waals surface area contributed by atoms with E-state index in [-0.39, 0.29) is 0 Å². The van der Waals surface area contributed by atoms with Gasteiger partial charge in [-0.25, -0.2) is 0 Å². The van der Waals surface area contributed by atoms with Gasteiger partial charge >= 0.3 is 0 Å². The van der Waals surface area contributed by atoms with Crippen LogP contribution < -0.4 is 0 Å². The van der Waals surface area contributed by atoms with Crippen LogP contribution in [-0.4, -0.2) is 0 Å². The van der Waals surface area contributed by atoms with Crippen molar-refractivity contribution in [2.24, 2.45) is 0 Å². The predicted molar refractivity (Wildman–Crippen MR) is 267 cm³/mol. The smallest absolute Gasteiger partial charge is 0.0619 e. The monoisotopic (exact) mass is 792 g/mol. The van der Waals surface area contributed by atoms with Crippen molar-refractivity contribution in [1.29, 1.82) is 0 Å². The van der Waals surface area contributed by atoms with Gasteiger partial charge in [0.15, 0.2) is 0 Å². The van der Waals surface area contributed by atoms with Crippen LogP contribution in [0.15, 0.2) is 218 Å². The molecule has 288 valence electrons. The maximum absolute atomic E-state index is 2.49. The molecule has 0 radical (unpaired) electrons. The van der Waals surface area contributed by atoms with E-state index in [1.54, 1.807) is 0 Å². The summed E-state index contributed by atoms with van der Waals surface area (Å²) in [4.78, 5) is 0. The Labute approximate surface area is 364 Å². The summed E-state index contributed by atoms with van der Waals surface area (Å²) in [5.41, 5.74) is 15.3. The number of fused-ring (bicyclic) bond motifs is 20. The Bertz CT molecular complexity index is 4080. The minimum absolute atomic E-state index is 0.528. The lowest BCUT2D eigenvalue weighted by Gasteiger charge is -2.33. The van der Waals surface area contributed by atoms with Gasteiger partial charge in [0.25, 0.3) is 0 Å². The maximum Gasteiger partial charge on any atom is 0.0738 e. The molecule has 0 nitrogen and oxygen atoms in total.